The van der Waals surface area contributed by atoms with Crippen molar-refractivity contribution in [3.05, 3.63) is 85.2 Å². The van der Waals surface area contributed by atoms with Gasteiger partial charge < -0.3 is 19.5 Å². The summed E-state index contributed by atoms with van der Waals surface area (Å²) in [4.78, 5) is 21.3. The van der Waals surface area contributed by atoms with Crippen LogP contribution in [-0.4, -0.2) is 48.5 Å². The number of hydrogen-bond acceptors (Lipinski definition) is 6. The molecule has 2 aromatic carbocycles. The molecule has 0 saturated carbocycles. The van der Waals surface area contributed by atoms with Crippen LogP contribution in [0.2, 0.25) is 0 Å². The molecule has 0 fully saturated rings. The molecule has 0 bridgehead atoms. The lowest BCUT2D eigenvalue weighted by molar-refractivity contribution is -0.157. The van der Waals surface area contributed by atoms with E-state index in [4.69, 9.17) is 9.72 Å². The van der Waals surface area contributed by atoms with Crippen molar-refractivity contribution in [2.45, 2.75) is 64.4 Å². The highest BCUT2D eigenvalue weighted by molar-refractivity contribution is 5.82. The van der Waals surface area contributed by atoms with Crippen LogP contribution in [0.15, 0.2) is 85.2 Å². The minimum absolute atomic E-state index is 0.0759. The molecule has 2 aromatic heterocycles. The quantitative estimate of drug-likeness (QED) is 0.271. The topological polar surface area (TPSA) is 97.5 Å². The summed E-state index contributed by atoms with van der Waals surface area (Å²) in [6.07, 6.45) is 1.99. The molecule has 38 heavy (non-hydrogen) atoms. The number of pyridine rings is 1. The first-order chi connectivity index (χ1) is 18.2. The Morgan fingerprint density at radius 2 is 1.47 bits per heavy atom. The highest BCUT2D eigenvalue weighted by Crippen LogP contribution is 2.36. The Kier molecular flexibility index (Phi) is 8.71. The normalized spacial score (nSPS) is 13.2. The number of esters is 1. The van der Waals surface area contributed by atoms with Crippen molar-refractivity contribution in [1.82, 2.24) is 14.5 Å². The van der Waals surface area contributed by atoms with Crippen LogP contribution in [0.4, 0.5) is 0 Å². The van der Waals surface area contributed by atoms with Crippen LogP contribution in [0.5, 0.6) is 0 Å². The summed E-state index contributed by atoms with van der Waals surface area (Å²) in [5, 5.41) is 21.2. The van der Waals surface area contributed by atoms with Crippen molar-refractivity contribution < 1.29 is 19.7 Å². The highest BCUT2D eigenvalue weighted by atomic mass is 16.6. The second-order valence-corrected chi connectivity index (χ2v) is 10.4. The first-order valence-electron chi connectivity index (χ1n) is 12.9. The fourth-order valence-corrected chi connectivity index (χ4v) is 4.45. The van der Waals surface area contributed by atoms with E-state index in [1.54, 1.807) is 33.2 Å². The first-order valence-corrected chi connectivity index (χ1v) is 12.9. The number of aromatic nitrogens is 3. The Morgan fingerprint density at radius 3 is 2.08 bits per heavy atom. The molecule has 0 radical (unpaired) electrons. The molecule has 4 rings (SSSR count). The molecule has 4 aromatic rings. The number of aliphatic hydroxyl groups excluding tert-OH is 2. The third-order valence-corrected chi connectivity index (χ3v) is 6.05. The number of aliphatic hydroxyl groups is 2. The van der Waals surface area contributed by atoms with Crippen molar-refractivity contribution in [2.24, 2.45) is 0 Å². The SMILES string of the molecule is CC(C)(C)OC(=O)CC(O)CC(O)CCn1c(-c2ccccc2)nc(-c2ccncc2)c1-c1ccccc1. The van der Waals surface area contributed by atoms with Gasteiger partial charge in [-0.25, -0.2) is 4.98 Å². The van der Waals surface area contributed by atoms with Crippen LogP contribution >= 0.6 is 0 Å². The third kappa shape index (κ3) is 7.15. The van der Waals surface area contributed by atoms with Crippen molar-refractivity contribution in [3.8, 4) is 33.9 Å². The van der Waals surface area contributed by atoms with Crippen LogP contribution in [0, 0.1) is 0 Å². The van der Waals surface area contributed by atoms with Gasteiger partial charge in [-0.05, 0) is 45.7 Å². The fraction of sp³-hybridized carbons (Fsp3) is 0.323. The monoisotopic (exact) mass is 513 g/mol. The summed E-state index contributed by atoms with van der Waals surface area (Å²) in [6.45, 7) is 5.82. The van der Waals surface area contributed by atoms with E-state index in [0.717, 1.165) is 33.9 Å². The van der Waals surface area contributed by atoms with E-state index in [0.29, 0.717) is 13.0 Å². The molecule has 0 saturated heterocycles. The summed E-state index contributed by atoms with van der Waals surface area (Å²) in [5.74, 6) is 0.310. The molecule has 2 N–H and O–H groups in total. The average Bonchev–Trinajstić information content (AvgIpc) is 3.27. The Labute approximate surface area is 223 Å². The summed E-state index contributed by atoms with van der Waals surface area (Å²) < 4.78 is 7.42. The summed E-state index contributed by atoms with van der Waals surface area (Å²) in [7, 11) is 0. The van der Waals surface area contributed by atoms with Gasteiger partial charge in [0.05, 0.1) is 30.0 Å². The molecular formula is C31H35N3O4. The van der Waals surface area contributed by atoms with Crippen LogP contribution in [0.1, 0.15) is 40.0 Å². The smallest absolute Gasteiger partial charge is 0.308 e. The lowest BCUT2D eigenvalue weighted by Crippen LogP contribution is -2.28. The summed E-state index contributed by atoms with van der Waals surface area (Å²) >= 11 is 0. The van der Waals surface area contributed by atoms with E-state index >= 15 is 0 Å². The van der Waals surface area contributed by atoms with Crippen LogP contribution < -0.4 is 0 Å². The second-order valence-electron chi connectivity index (χ2n) is 10.4. The fourth-order valence-electron chi connectivity index (χ4n) is 4.45. The van der Waals surface area contributed by atoms with Crippen molar-refractivity contribution in [3.63, 3.8) is 0 Å². The van der Waals surface area contributed by atoms with Gasteiger partial charge in [0.25, 0.3) is 0 Å². The minimum Gasteiger partial charge on any atom is -0.460 e. The Bertz CT molecular complexity index is 1320. The molecular weight excluding hydrogens is 478 g/mol. The predicted molar refractivity (Wildman–Crippen MR) is 148 cm³/mol. The number of carbonyl (C=O) groups is 1. The summed E-state index contributed by atoms with van der Waals surface area (Å²) in [5.41, 5.74) is 4.07. The third-order valence-electron chi connectivity index (χ3n) is 6.05. The highest BCUT2D eigenvalue weighted by Gasteiger charge is 2.24. The Morgan fingerprint density at radius 1 is 0.868 bits per heavy atom. The molecule has 2 unspecified atom stereocenters. The molecule has 7 nitrogen and oxygen atoms in total. The molecule has 0 aliphatic carbocycles. The van der Waals surface area contributed by atoms with Gasteiger partial charge in [-0.15, -0.1) is 0 Å². The first kappa shape index (κ1) is 27.2. The van der Waals surface area contributed by atoms with Gasteiger partial charge >= 0.3 is 5.97 Å². The van der Waals surface area contributed by atoms with E-state index in [1.165, 1.54) is 0 Å². The molecule has 2 heterocycles. The van der Waals surface area contributed by atoms with E-state index in [1.807, 2.05) is 72.8 Å². The molecule has 0 aliphatic rings. The number of hydrogen-bond donors (Lipinski definition) is 2. The number of rotatable bonds is 10. The number of nitrogens with zero attached hydrogens (tertiary/aromatic N) is 3. The molecule has 2 atom stereocenters. The van der Waals surface area contributed by atoms with Crippen LogP contribution in [0.25, 0.3) is 33.9 Å². The van der Waals surface area contributed by atoms with Crippen molar-refractivity contribution >= 4 is 5.97 Å². The maximum absolute atomic E-state index is 12.1. The average molecular weight is 514 g/mol. The van der Waals surface area contributed by atoms with Crippen LogP contribution in [-0.2, 0) is 16.1 Å². The molecule has 0 aliphatic heterocycles. The number of imidazole rings is 1. The Hall–Kier alpha value is -3.81. The maximum atomic E-state index is 12.1. The lowest BCUT2D eigenvalue weighted by atomic mass is 10.0. The molecule has 0 spiro atoms. The van der Waals surface area contributed by atoms with Gasteiger partial charge in [0.15, 0.2) is 0 Å². The van der Waals surface area contributed by atoms with E-state index in [2.05, 4.69) is 9.55 Å². The molecule has 198 valence electrons. The molecule has 7 heteroatoms. The molecule has 0 amide bonds. The maximum Gasteiger partial charge on any atom is 0.308 e. The zero-order valence-electron chi connectivity index (χ0n) is 22.1. The van der Waals surface area contributed by atoms with Crippen molar-refractivity contribution in [2.75, 3.05) is 0 Å². The van der Waals surface area contributed by atoms with Gasteiger partial charge in [0, 0.05) is 35.6 Å². The van der Waals surface area contributed by atoms with E-state index < -0.39 is 23.8 Å². The van der Waals surface area contributed by atoms with Gasteiger partial charge in [0.1, 0.15) is 11.4 Å². The second kappa shape index (κ2) is 12.2. The number of benzene rings is 2. The standard InChI is InChI=1S/C31H35N3O4/c1-31(2,3)38-27(37)21-26(36)20-25(35)16-19-34-29(23-10-6-4-7-11-23)28(22-14-17-32-18-15-22)33-30(34)24-12-8-5-9-13-24/h4-15,17-18,25-26,35-36H,16,19-21H2,1-3H3. The van der Waals surface area contributed by atoms with Gasteiger partial charge in [0.2, 0.25) is 0 Å². The Balaban J connectivity index is 1.63. The predicted octanol–water partition coefficient (Wildman–Crippen LogP) is 5.51. The van der Waals surface area contributed by atoms with Gasteiger partial charge in [-0.3, -0.25) is 9.78 Å². The largest absolute Gasteiger partial charge is 0.460 e. The van der Waals surface area contributed by atoms with Crippen LogP contribution in [0.3, 0.4) is 0 Å². The van der Waals surface area contributed by atoms with E-state index in [9.17, 15) is 15.0 Å². The zero-order chi connectivity index (χ0) is 27.1. The summed E-state index contributed by atoms with van der Waals surface area (Å²) in [6, 6.07) is 23.9. The number of ether oxygens (including phenoxy) is 1. The number of carbonyl (C=O) groups excluding carboxylic acids is 1. The zero-order valence-corrected chi connectivity index (χ0v) is 22.1. The van der Waals surface area contributed by atoms with Gasteiger partial charge in [-0.1, -0.05) is 60.7 Å². The minimum atomic E-state index is -0.989. The van der Waals surface area contributed by atoms with Crippen molar-refractivity contribution in [1.29, 1.82) is 0 Å². The lowest BCUT2D eigenvalue weighted by Gasteiger charge is -2.21. The van der Waals surface area contributed by atoms with E-state index in [-0.39, 0.29) is 12.8 Å². The van der Waals surface area contributed by atoms with Gasteiger partial charge in [-0.2, -0.15) is 0 Å².